The van der Waals surface area contributed by atoms with Crippen LogP contribution in [-0.4, -0.2) is 31.4 Å². The highest BCUT2D eigenvalue weighted by molar-refractivity contribution is 5.78. The van der Waals surface area contributed by atoms with E-state index in [4.69, 9.17) is 0 Å². The summed E-state index contributed by atoms with van der Waals surface area (Å²) in [5.41, 5.74) is 2.60. The maximum atomic E-state index is 12.1. The molecule has 0 saturated heterocycles. The molecule has 0 aliphatic carbocycles. The molecule has 1 aromatic rings. The van der Waals surface area contributed by atoms with Crippen LogP contribution in [0.2, 0.25) is 0 Å². The second-order valence-electron chi connectivity index (χ2n) is 5.83. The molecule has 1 aromatic carbocycles. The molecule has 0 radical (unpaired) electrons. The third-order valence-corrected chi connectivity index (χ3v) is 4.22. The predicted octanol–water partition coefficient (Wildman–Crippen LogP) is 3.40. The first-order valence-electron chi connectivity index (χ1n) is 8.06. The van der Waals surface area contributed by atoms with E-state index >= 15 is 0 Å². The Morgan fingerprint density at radius 1 is 1.10 bits per heavy atom. The Morgan fingerprint density at radius 3 is 2.10 bits per heavy atom. The van der Waals surface area contributed by atoms with Gasteiger partial charge < -0.3 is 10.2 Å². The van der Waals surface area contributed by atoms with E-state index in [0.29, 0.717) is 6.54 Å². The van der Waals surface area contributed by atoms with Crippen molar-refractivity contribution < 1.29 is 4.79 Å². The Morgan fingerprint density at radius 2 is 1.67 bits per heavy atom. The second-order valence-corrected chi connectivity index (χ2v) is 5.83. The number of aryl methyl sites for hydroxylation is 1. The zero-order valence-corrected chi connectivity index (χ0v) is 14.1. The molecule has 0 bridgehead atoms. The van der Waals surface area contributed by atoms with E-state index in [9.17, 15) is 4.79 Å². The van der Waals surface area contributed by atoms with Crippen molar-refractivity contribution in [3.05, 3.63) is 35.4 Å². The van der Waals surface area contributed by atoms with Gasteiger partial charge in [-0.1, -0.05) is 45.0 Å². The molecule has 0 aliphatic heterocycles. The number of hydrogen-bond donors (Lipinski definition) is 1. The summed E-state index contributed by atoms with van der Waals surface area (Å²) in [5.74, 6) is 0.312. The van der Waals surface area contributed by atoms with Gasteiger partial charge in [0.05, 0.1) is 6.04 Å². The first kappa shape index (κ1) is 17.7. The number of amides is 1. The molecule has 0 saturated carbocycles. The van der Waals surface area contributed by atoms with Crippen LogP contribution in [0, 0.1) is 5.92 Å². The zero-order valence-electron chi connectivity index (χ0n) is 14.1. The fraction of sp³-hybridized carbons (Fsp3) is 0.611. The molecule has 1 unspecified atom stereocenters. The summed E-state index contributed by atoms with van der Waals surface area (Å²) in [6, 6.07) is 8.91. The Kier molecular flexibility index (Phi) is 7.44. The summed E-state index contributed by atoms with van der Waals surface area (Å²) in [4.78, 5) is 14.3. The van der Waals surface area contributed by atoms with Crippen LogP contribution in [0.3, 0.4) is 0 Å². The van der Waals surface area contributed by atoms with E-state index in [1.807, 2.05) is 0 Å². The molecule has 0 aromatic heterocycles. The van der Waals surface area contributed by atoms with Crippen LogP contribution in [0.1, 0.15) is 50.8 Å². The van der Waals surface area contributed by atoms with Crippen LogP contribution in [0.25, 0.3) is 0 Å². The van der Waals surface area contributed by atoms with E-state index in [0.717, 1.165) is 19.3 Å². The molecule has 3 heteroatoms. The Balaban J connectivity index is 2.71. The number of rotatable bonds is 8. The standard InChI is InChI=1S/C18H30N2O/c1-6-14-9-11-16(12-10-14)17(20(4)5)13-19-18(21)15(7-2)8-3/h9-12,15,17H,6-8,13H2,1-5H3,(H,19,21). The number of hydrogen-bond acceptors (Lipinski definition) is 2. The van der Waals surface area contributed by atoms with Crippen molar-refractivity contribution in [2.45, 2.75) is 46.1 Å². The fourth-order valence-corrected chi connectivity index (χ4v) is 2.58. The van der Waals surface area contributed by atoms with Gasteiger partial charge in [0.1, 0.15) is 0 Å². The molecule has 1 atom stereocenters. The molecular formula is C18H30N2O. The van der Waals surface area contributed by atoms with Gasteiger partial charge in [0.15, 0.2) is 0 Å². The number of carbonyl (C=O) groups excluding carboxylic acids is 1. The largest absolute Gasteiger partial charge is 0.354 e. The maximum absolute atomic E-state index is 12.1. The van der Waals surface area contributed by atoms with E-state index in [1.165, 1.54) is 11.1 Å². The fourth-order valence-electron chi connectivity index (χ4n) is 2.58. The molecule has 1 N–H and O–H groups in total. The SMILES string of the molecule is CCc1ccc(C(CNC(=O)C(CC)CC)N(C)C)cc1. The predicted molar refractivity (Wildman–Crippen MR) is 89.3 cm³/mol. The van der Waals surface area contributed by atoms with Crippen molar-refractivity contribution >= 4 is 5.91 Å². The van der Waals surface area contributed by atoms with Crippen molar-refractivity contribution in [3.63, 3.8) is 0 Å². The monoisotopic (exact) mass is 290 g/mol. The molecule has 3 nitrogen and oxygen atoms in total. The van der Waals surface area contributed by atoms with Crippen LogP contribution in [0.4, 0.5) is 0 Å². The molecule has 1 amide bonds. The number of likely N-dealkylation sites (N-methyl/N-ethyl adjacent to an activating group) is 1. The first-order chi connectivity index (χ1) is 10.0. The number of benzene rings is 1. The van der Waals surface area contributed by atoms with Gasteiger partial charge in [-0.25, -0.2) is 0 Å². The molecule has 0 fully saturated rings. The molecule has 0 spiro atoms. The summed E-state index contributed by atoms with van der Waals surface area (Å²) in [6.45, 7) is 6.96. The van der Waals surface area contributed by atoms with E-state index in [2.05, 4.69) is 69.3 Å². The third-order valence-electron chi connectivity index (χ3n) is 4.22. The molecule has 21 heavy (non-hydrogen) atoms. The van der Waals surface area contributed by atoms with Gasteiger partial charge in [0.2, 0.25) is 5.91 Å². The van der Waals surface area contributed by atoms with Crippen LogP contribution < -0.4 is 5.32 Å². The number of nitrogens with zero attached hydrogens (tertiary/aromatic N) is 1. The number of carbonyl (C=O) groups is 1. The minimum atomic E-state index is 0.135. The summed E-state index contributed by atoms with van der Waals surface area (Å²) in [5, 5.41) is 3.11. The van der Waals surface area contributed by atoms with Gasteiger partial charge in [0.25, 0.3) is 0 Å². The maximum Gasteiger partial charge on any atom is 0.223 e. The lowest BCUT2D eigenvalue weighted by molar-refractivity contribution is -0.125. The van der Waals surface area contributed by atoms with Gasteiger partial charge in [-0.3, -0.25) is 4.79 Å². The smallest absolute Gasteiger partial charge is 0.223 e. The van der Waals surface area contributed by atoms with Gasteiger partial charge in [-0.2, -0.15) is 0 Å². The van der Waals surface area contributed by atoms with Crippen molar-refractivity contribution in [1.29, 1.82) is 0 Å². The van der Waals surface area contributed by atoms with E-state index in [1.54, 1.807) is 0 Å². The average Bonchev–Trinajstić information content (AvgIpc) is 2.49. The summed E-state index contributed by atoms with van der Waals surface area (Å²) in [7, 11) is 4.11. The van der Waals surface area contributed by atoms with Gasteiger partial charge in [-0.15, -0.1) is 0 Å². The van der Waals surface area contributed by atoms with Crippen LogP contribution in [0.15, 0.2) is 24.3 Å². The van der Waals surface area contributed by atoms with Gasteiger partial charge >= 0.3 is 0 Å². The highest BCUT2D eigenvalue weighted by Gasteiger charge is 2.18. The van der Waals surface area contributed by atoms with Crippen LogP contribution in [-0.2, 0) is 11.2 Å². The van der Waals surface area contributed by atoms with Crippen LogP contribution >= 0.6 is 0 Å². The molecular weight excluding hydrogens is 260 g/mol. The zero-order chi connectivity index (χ0) is 15.8. The average molecular weight is 290 g/mol. The Hall–Kier alpha value is -1.35. The lowest BCUT2D eigenvalue weighted by Gasteiger charge is -2.26. The molecule has 118 valence electrons. The third kappa shape index (κ3) is 5.16. The highest BCUT2D eigenvalue weighted by Crippen LogP contribution is 2.19. The second kappa shape index (κ2) is 8.83. The molecule has 0 heterocycles. The van der Waals surface area contributed by atoms with Crippen LogP contribution in [0.5, 0.6) is 0 Å². The minimum Gasteiger partial charge on any atom is -0.354 e. The number of nitrogens with one attached hydrogen (secondary N) is 1. The highest BCUT2D eigenvalue weighted by atomic mass is 16.1. The Bertz CT molecular complexity index is 421. The quantitative estimate of drug-likeness (QED) is 0.796. The van der Waals surface area contributed by atoms with E-state index < -0.39 is 0 Å². The molecule has 1 rings (SSSR count). The summed E-state index contributed by atoms with van der Waals surface area (Å²) < 4.78 is 0. The van der Waals surface area contributed by atoms with Crippen molar-refractivity contribution in [3.8, 4) is 0 Å². The summed E-state index contributed by atoms with van der Waals surface area (Å²) >= 11 is 0. The normalized spacial score (nSPS) is 12.7. The Labute approximate surface area is 129 Å². The van der Waals surface area contributed by atoms with E-state index in [-0.39, 0.29) is 17.9 Å². The first-order valence-corrected chi connectivity index (χ1v) is 8.06. The lowest BCUT2D eigenvalue weighted by atomic mass is 10.0. The molecule has 0 aliphatic rings. The minimum absolute atomic E-state index is 0.135. The topological polar surface area (TPSA) is 32.3 Å². The lowest BCUT2D eigenvalue weighted by Crippen LogP contribution is -2.37. The van der Waals surface area contributed by atoms with Crippen molar-refractivity contribution in [2.75, 3.05) is 20.6 Å². The van der Waals surface area contributed by atoms with Gasteiger partial charge in [-0.05, 0) is 44.5 Å². The summed E-state index contributed by atoms with van der Waals surface area (Å²) in [6.07, 6.45) is 2.86. The van der Waals surface area contributed by atoms with Crippen molar-refractivity contribution in [2.24, 2.45) is 5.92 Å². The van der Waals surface area contributed by atoms with Gasteiger partial charge in [0, 0.05) is 12.5 Å². The van der Waals surface area contributed by atoms with Crippen molar-refractivity contribution in [1.82, 2.24) is 10.2 Å².